The topological polar surface area (TPSA) is 36.4 Å². The molecule has 0 aliphatic carbocycles. The molecule has 1 aliphatic heterocycles. The van der Waals surface area contributed by atoms with Crippen LogP contribution in [-0.4, -0.2) is 42.0 Å². The van der Waals surface area contributed by atoms with Crippen molar-refractivity contribution in [2.24, 2.45) is 0 Å². The molecule has 0 bridgehead atoms. The van der Waals surface area contributed by atoms with Crippen molar-refractivity contribution >= 4 is 11.6 Å². The molecule has 4 heteroatoms. The van der Waals surface area contributed by atoms with Crippen LogP contribution < -0.4 is 4.90 Å². The highest BCUT2D eigenvalue weighted by Crippen LogP contribution is 2.24. The number of hydrogen-bond acceptors (Lipinski definition) is 3. The highest BCUT2D eigenvalue weighted by molar-refractivity contribution is 5.84. The van der Waals surface area contributed by atoms with E-state index in [2.05, 4.69) is 35.0 Å². The van der Waals surface area contributed by atoms with Gasteiger partial charge >= 0.3 is 0 Å². The number of anilines is 1. The zero-order valence-electron chi connectivity index (χ0n) is 14.5. The van der Waals surface area contributed by atoms with Crippen LogP contribution in [0.1, 0.15) is 30.5 Å². The molecule has 1 saturated heterocycles. The Hall–Kier alpha value is -2.36. The van der Waals surface area contributed by atoms with Gasteiger partial charge in [-0.3, -0.25) is 9.78 Å². The van der Waals surface area contributed by atoms with E-state index in [0.29, 0.717) is 0 Å². The molecule has 1 amide bonds. The van der Waals surface area contributed by atoms with Crippen LogP contribution in [-0.2, 0) is 4.79 Å². The number of piperazine rings is 1. The second-order valence-electron chi connectivity index (χ2n) is 6.34. The molecule has 2 heterocycles. The molecule has 1 fully saturated rings. The molecule has 1 aromatic heterocycles. The van der Waals surface area contributed by atoms with E-state index in [1.807, 2.05) is 42.3 Å². The van der Waals surface area contributed by atoms with E-state index in [1.165, 1.54) is 5.69 Å². The summed E-state index contributed by atoms with van der Waals surface area (Å²) in [6, 6.07) is 14.3. The number of nitrogens with zero attached hydrogens (tertiary/aromatic N) is 3. The Balaban J connectivity index is 1.64. The molecule has 24 heavy (non-hydrogen) atoms. The third kappa shape index (κ3) is 3.58. The molecule has 0 unspecified atom stereocenters. The quantitative estimate of drug-likeness (QED) is 0.867. The van der Waals surface area contributed by atoms with Gasteiger partial charge in [-0.2, -0.15) is 0 Å². The molecule has 1 aliphatic rings. The third-order valence-corrected chi connectivity index (χ3v) is 4.75. The normalized spacial score (nSPS) is 16.1. The van der Waals surface area contributed by atoms with Gasteiger partial charge in [0.25, 0.3) is 0 Å². The summed E-state index contributed by atoms with van der Waals surface area (Å²) in [4.78, 5) is 21.5. The Labute approximate surface area is 144 Å². The van der Waals surface area contributed by atoms with E-state index in [9.17, 15) is 4.79 Å². The van der Waals surface area contributed by atoms with Crippen molar-refractivity contribution in [2.75, 3.05) is 31.1 Å². The molecule has 1 aromatic carbocycles. The lowest BCUT2D eigenvalue weighted by atomic mass is 9.95. The van der Waals surface area contributed by atoms with E-state index >= 15 is 0 Å². The standard InChI is InChI=1S/C20H25N3O/c1-3-19(17-7-5-4-6-8-17)20(24)23-13-11-22(12-14-23)18-9-10-21-16(2)15-18/h4-10,15,19H,3,11-14H2,1-2H3/t19-/m1/s1. The summed E-state index contributed by atoms with van der Waals surface area (Å²) in [6.07, 6.45) is 2.69. The van der Waals surface area contributed by atoms with Crippen LogP contribution in [0.25, 0.3) is 0 Å². The minimum absolute atomic E-state index is 0.0269. The zero-order chi connectivity index (χ0) is 16.9. The SMILES string of the molecule is CC[C@@H](C(=O)N1CCN(c2ccnc(C)c2)CC1)c1ccccc1. The number of hydrogen-bond donors (Lipinski definition) is 0. The van der Waals surface area contributed by atoms with Crippen molar-refractivity contribution in [1.29, 1.82) is 0 Å². The molecule has 4 nitrogen and oxygen atoms in total. The molecule has 0 spiro atoms. The van der Waals surface area contributed by atoms with Crippen LogP contribution >= 0.6 is 0 Å². The number of rotatable bonds is 4. The maximum Gasteiger partial charge on any atom is 0.230 e. The van der Waals surface area contributed by atoms with Crippen molar-refractivity contribution in [2.45, 2.75) is 26.2 Å². The van der Waals surface area contributed by atoms with Crippen LogP contribution in [0.2, 0.25) is 0 Å². The summed E-state index contributed by atoms with van der Waals surface area (Å²) >= 11 is 0. The lowest BCUT2D eigenvalue weighted by Gasteiger charge is -2.37. The highest BCUT2D eigenvalue weighted by atomic mass is 16.2. The average molecular weight is 323 g/mol. The van der Waals surface area contributed by atoms with Gasteiger partial charge in [0.05, 0.1) is 5.92 Å². The lowest BCUT2D eigenvalue weighted by Crippen LogP contribution is -2.50. The molecule has 126 valence electrons. The Morgan fingerprint density at radius 2 is 1.83 bits per heavy atom. The summed E-state index contributed by atoms with van der Waals surface area (Å²) in [5.74, 6) is 0.232. The van der Waals surface area contributed by atoms with Crippen molar-refractivity contribution < 1.29 is 4.79 Å². The van der Waals surface area contributed by atoms with Gasteiger partial charge in [0.1, 0.15) is 0 Å². The van der Waals surface area contributed by atoms with Crippen LogP contribution in [0.5, 0.6) is 0 Å². The fourth-order valence-electron chi connectivity index (χ4n) is 3.37. The second kappa shape index (κ2) is 7.47. The van der Waals surface area contributed by atoms with Crippen LogP contribution in [0.15, 0.2) is 48.7 Å². The Morgan fingerprint density at radius 1 is 1.12 bits per heavy atom. The minimum atomic E-state index is -0.0269. The van der Waals surface area contributed by atoms with Gasteiger partial charge in [0.2, 0.25) is 5.91 Å². The Kier molecular flexibility index (Phi) is 5.14. The minimum Gasteiger partial charge on any atom is -0.368 e. The fraction of sp³-hybridized carbons (Fsp3) is 0.400. The van der Waals surface area contributed by atoms with E-state index in [-0.39, 0.29) is 11.8 Å². The van der Waals surface area contributed by atoms with Gasteiger partial charge < -0.3 is 9.80 Å². The molecule has 2 aromatic rings. The first-order chi connectivity index (χ1) is 11.7. The first-order valence-electron chi connectivity index (χ1n) is 8.70. The molecule has 0 radical (unpaired) electrons. The first kappa shape index (κ1) is 16.5. The fourth-order valence-corrected chi connectivity index (χ4v) is 3.37. The number of pyridine rings is 1. The predicted octanol–water partition coefficient (Wildman–Crippen LogP) is 3.23. The average Bonchev–Trinajstić information content (AvgIpc) is 2.63. The summed E-state index contributed by atoms with van der Waals surface area (Å²) in [5.41, 5.74) is 3.35. The number of benzene rings is 1. The predicted molar refractivity (Wildman–Crippen MR) is 97.2 cm³/mol. The Morgan fingerprint density at radius 3 is 2.46 bits per heavy atom. The number of carbonyl (C=O) groups is 1. The van der Waals surface area contributed by atoms with Crippen molar-refractivity contribution in [3.8, 4) is 0 Å². The van der Waals surface area contributed by atoms with E-state index in [1.54, 1.807) is 0 Å². The summed E-state index contributed by atoms with van der Waals surface area (Å²) in [7, 11) is 0. The largest absolute Gasteiger partial charge is 0.368 e. The summed E-state index contributed by atoms with van der Waals surface area (Å²) in [6.45, 7) is 7.41. The van der Waals surface area contributed by atoms with E-state index in [4.69, 9.17) is 0 Å². The number of carbonyl (C=O) groups excluding carboxylic acids is 1. The highest BCUT2D eigenvalue weighted by Gasteiger charge is 2.27. The van der Waals surface area contributed by atoms with Crippen molar-refractivity contribution in [3.63, 3.8) is 0 Å². The number of aromatic nitrogens is 1. The third-order valence-electron chi connectivity index (χ3n) is 4.75. The number of amides is 1. The molecule has 0 N–H and O–H groups in total. The maximum atomic E-state index is 12.9. The van der Waals surface area contributed by atoms with Gasteiger partial charge in [0.15, 0.2) is 0 Å². The van der Waals surface area contributed by atoms with Gasteiger partial charge in [-0.15, -0.1) is 0 Å². The van der Waals surface area contributed by atoms with E-state index < -0.39 is 0 Å². The second-order valence-corrected chi connectivity index (χ2v) is 6.34. The van der Waals surface area contributed by atoms with Crippen molar-refractivity contribution in [3.05, 3.63) is 59.9 Å². The van der Waals surface area contributed by atoms with Crippen LogP contribution in [0.4, 0.5) is 5.69 Å². The lowest BCUT2D eigenvalue weighted by molar-refractivity contribution is -0.133. The maximum absolute atomic E-state index is 12.9. The van der Waals surface area contributed by atoms with Gasteiger partial charge in [0, 0.05) is 43.8 Å². The Bertz CT molecular complexity index is 678. The smallest absolute Gasteiger partial charge is 0.230 e. The molecule has 1 atom stereocenters. The van der Waals surface area contributed by atoms with Gasteiger partial charge in [-0.1, -0.05) is 37.3 Å². The van der Waals surface area contributed by atoms with Crippen LogP contribution in [0.3, 0.4) is 0 Å². The summed E-state index contributed by atoms with van der Waals surface area (Å²) < 4.78 is 0. The van der Waals surface area contributed by atoms with Gasteiger partial charge in [-0.25, -0.2) is 0 Å². The molecule has 3 rings (SSSR count). The van der Waals surface area contributed by atoms with E-state index in [0.717, 1.165) is 43.9 Å². The first-order valence-corrected chi connectivity index (χ1v) is 8.70. The van der Waals surface area contributed by atoms with Gasteiger partial charge in [-0.05, 0) is 31.0 Å². The monoisotopic (exact) mass is 323 g/mol. The van der Waals surface area contributed by atoms with Crippen LogP contribution in [0, 0.1) is 6.92 Å². The number of aryl methyl sites for hydroxylation is 1. The molecule has 0 saturated carbocycles. The zero-order valence-corrected chi connectivity index (χ0v) is 14.5. The van der Waals surface area contributed by atoms with Crippen molar-refractivity contribution in [1.82, 2.24) is 9.88 Å². The molecular weight excluding hydrogens is 298 g/mol. The molecular formula is C20H25N3O. The summed E-state index contributed by atoms with van der Waals surface area (Å²) in [5, 5.41) is 0.